The molecule has 0 aromatic carbocycles. The van der Waals surface area contributed by atoms with E-state index in [2.05, 4.69) is 43.5 Å². The lowest BCUT2D eigenvalue weighted by atomic mass is 9.99. The normalized spacial score (nSPS) is 20.1. The summed E-state index contributed by atoms with van der Waals surface area (Å²) in [7, 11) is 0. The van der Waals surface area contributed by atoms with Crippen LogP contribution in [0.1, 0.15) is 258 Å². The molecule has 1 rings (SSSR count). The number of rotatable bonds is 47. The number of hydrogen-bond acceptors (Lipinski definition) is 8. The van der Waals surface area contributed by atoms with Crippen molar-refractivity contribution < 1.29 is 39.8 Å². The highest BCUT2D eigenvalue weighted by Gasteiger charge is 2.44. The van der Waals surface area contributed by atoms with Gasteiger partial charge < -0.3 is 40.3 Å². The predicted molar refractivity (Wildman–Crippen MR) is 272 cm³/mol. The van der Waals surface area contributed by atoms with Gasteiger partial charge in [-0.2, -0.15) is 0 Å². The lowest BCUT2D eigenvalue weighted by Gasteiger charge is -2.40. The molecule has 1 saturated heterocycles. The second-order valence-electron chi connectivity index (χ2n) is 19.4. The number of ether oxygens (including phenoxy) is 2. The van der Waals surface area contributed by atoms with E-state index in [1.54, 1.807) is 6.08 Å². The summed E-state index contributed by atoms with van der Waals surface area (Å²) >= 11 is 0. The van der Waals surface area contributed by atoms with Gasteiger partial charge in [0.05, 0.1) is 25.4 Å². The van der Waals surface area contributed by atoms with Crippen molar-refractivity contribution in [1.29, 1.82) is 0 Å². The molecule has 1 aliphatic rings. The topological polar surface area (TPSA) is 149 Å². The van der Waals surface area contributed by atoms with Crippen molar-refractivity contribution in [3.63, 3.8) is 0 Å². The van der Waals surface area contributed by atoms with Gasteiger partial charge in [0, 0.05) is 6.42 Å². The zero-order chi connectivity index (χ0) is 47.3. The number of unbranched alkanes of at least 4 members (excludes halogenated alkanes) is 33. The van der Waals surface area contributed by atoms with Gasteiger partial charge in [0.25, 0.3) is 0 Å². The van der Waals surface area contributed by atoms with Crippen LogP contribution in [-0.4, -0.2) is 87.5 Å². The summed E-state index contributed by atoms with van der Waals surface area (Å²) in [5, 5.41) is 54.4. The Morgan fingerprint density at radius 1 is 0.508 bits per heavy atom. The van der Waals surface area contributed by atoms with Crippen LogP contribution in [0.15, 0.2) is 36.5 Å². The molecule has 9 heteroatoms. The highest BCUT2D eigenvalue weighted by Crippen LogP contribution is 2.23. The SMILES string of the molecule is CCCCCCCCCCCC/C=C/CC/C=C/C(O)C(COC1OC(CO)C(O)C(O)C1O)NC(=O)CCCCCCCCCCCC/C=C\CCCCCCCCCCCCCC. The highest BCUT2D eigenvalue weighted by molar-refractivity contribution is 5.76. The minimum absolute atomic E-state index is 0.186. The third-order valence-electron chi connectivity index (χ3n) is 13.2. The number of nitrogens with one attached hydrogen (secondary N) is 1. The molecule has 7 atom stereocenters. The number of carbonyl (C=O) groups is 1. The van der Waals surface area contributed by atoms with Crippen LogP contribution < -0.4 is 5.32 Å². The molecular formula is C56H105NO8. The monoisotopic (exact) mass is 920 g/mol. The summed E-state index contributed by atoms with van der Waals surface area (Å²) < 4.78 is 11.2. The molecule has 9 nitrogen and oxygen atoms in total. The van der Waals surface area contributed by atoms with Crippen molar-refractivity contribution in [3.8, 4) is 0 Å². The molecule has 65 heavy (non-hydrogen) atoms. The summed E-state index contributed by atoms with van der Waals surface area (Å²) in [5.41, 5.74) is 0. The van der Waals surface area contributed by atoms with Gasteiger partial charge in [-0.25, -0.2) is 0 Å². The van der Waals surface area contributed by atoms with E-state index >= 15 is 0 Å². The van der Waals surface area contributed by atoms with Crippen LogP contribution in [0.4, 0.5) is 0 Å². The first-order valence-electron chi connectivity index (χ1n) is 27.7. The second kappa shape index (κ2) is 46.2. The number of amides is 1. The molecule has 0 aliphatic carbocycles. The van der Waals surface area contributed by atoms with Crippen LogP contribution in [0.25, 0.3) is 0 Å². The van der Waals surface area contributed by atoms with Gasteiger partial charge in [-0.15, -0.1) is 0 Å². The molecule has 0 saturated carbocycles. The van der Waals surface area contributed by atoms with Crippen LogP contribution >= 0.6 is 0 Å². The van der Waals surface area contributed by atoms with Crippen molar-refractivity contribution in [2.24, 2.45) is 0 Å². The number of allylic oxidation sites excluding steroid dienone is 5. The van der Waals surface area contributed by atoms with Crippen LogP contribution in [-0.2, 0) is 14.3 Å². The standard InChI is InChI=1S/C56H105NO8/c1-3-5-7-9-11-13-15-17-19-21-22-23-24-25-26-27-28-29-30-32-34-36-38-40-42-44-46-52(60)57-49(48-64-56-55(63)54(62)53(61)51(47-58)65-56)50(59)45-43-41-39-37-35-33-31-20-18-16-14-12-10-8-6-4-2/h25-26,35,37,43,45,49-51,53-56,58-59,61-63H,3-24,27-34,36,38-42,44,46-48H2,1-2H3,(H,57,60)/b26-25-,37-35+,45-43+. The average molecular weight is 920 g/mol. The summed E-state index contributed by atoms with van der Waals surface area (Å²) in [6.45, 7) is 3.78. The molecule has 0 spiro atoms. The lowest BCUT2D eigenvalue weighted by Crippen LogP contribution is -2.60. The molecule has 0 bridgehead atoms. The van der Waals surface area contributed by atoms with Crippen molar-refractivity contribution in [2.45, 2.75) is 301 Å². The van der Waals surface area contributed by atoms with Crippen molar-refractivity contribution in [3.05, 3.63) is 36.5 Å². The number of aliphatic hydroxyl groups excluding tert-OH is 5. The van der Waals surface area contributed by atoms with Gasteiger partial charge in [-0.1, -0.05) is 230 Å². The summed E-state index contributed by atoms with van der Waals surface area (Å²) in [5.74, 6) is -0.186. The van der Waals surface area contributed by atoms with Gasteiger partial charge in [-0.3, -0.25) is 4.79 Å². The Morgan fingerprint density at radius 3 is 1.29 bits per heavy atom. The van der Waals surface area contributed by atoms with Gasteiger partial charge in [-0.05, 0) is 57.8 Å². The average Bonchev–Trinajstić information content (AvgIpc) is 3.31. The fraction of sp³-hybridized carbons (Fsp3) is 0.875. The predicted octanol–water partition coefficient (Wildman–Crippen LogP) is 13.2. The minimum Gasteiger partial charge on any atom is -0.394 e. The van der Waals surface area contributed by atoms with E-state index in [4.69, 9.17) is 9.47 Å². The maximum atomic E-state index is 13.0. The first kappa shape index (κ1) is 61.4. The van der Waals surface area contributed by atoms with Crippen molar-refractivity contribution in [2.75, 3.05) is 13.2 Å². The smallest absolute Gasteiger partial charge is 0.220 e. The minimum atomic E-state index is -1.57. The first-order valence-corrected chi connectivity index (χ1v) is 27.7. The molecule has 6 N–H and O–H groups in total. The van der Waals surface area contributed by atoms with Gasteiger partial charge in [0.1, 0.15) is 24.4 Å². The quantitative estimate of drug-likeness (QED) is 0.0261. The molecule has 1 fully saturated rings. The Kier molecular flexibility index (Phi) is 43.6. The molecule has 1 heterocycles. The fourth-order valence-electron chi connectivity index (χ4n) is 8.76. The molecule has 0 radical (unpaired) electrons. The second-order valence-corrected chi connectivity index (χ2v) is 19.4. The Labute approximate surface area is 400 Å². The number of aliphatic hydroxyl groups is 5. The van der Waals surface area contributed by atoms with Crippen molar-refractivity contribution >= 4 is 5.91 Å². The largest absolute Gasteiger partial charge is 0.394 e. The zero-order valence-electron chi connectivity index (χ0n) is 42.3. The Balaban J connectivity index is 2.23. The van der Waals surface area contributed by atoms with Crippen LogP contribution in [0, 0.1) is 0 Å². The molecule has 1 aliphatic heterocycles. The highest BCUT2D eigenvalue weighted by atomic mass is 16.7. The summed E-state index contributed by atoms with van der Waals surface area (Å²) in [6.07, 6.45) is 52.1. The zero-order valence-corrected chi connectivity index (χ0v) is 42.3. The maximum absolute atomic E-state index is 13.0. The van der Waals surface area contributed by atoms with E-state index < -0.39 is 49.5 Å². The van der Waals surface area contributed by atoms with E-state index in [9.17, 15) is 30.3 Å². The molecule has 382 valence electrons. The molecule has 1 amide bonds. The van der Waals surface area contributed by atoms with E-state index in [0.717, 1.165) is 38.5 Å². The van der Waals surface area contributed by atoms with Crippen LogP contribution in [0.5, 0.6) is 0 Å². The lowest BCUT2D eigenvalue weighted by molar-refractivity contribution is -0.302. The van der Waals surface area contributed by atoms with E-state index in [0.29, 0.717) is 6.42 Å². The van der Waals surface area contributed by atoms with E-state index in [-0.39, 0.29) is 12.5 Å². The van der Waals surface area contributed by atoms with Crippen LogP contribution in [0.2, 0.25) is 0 Å². The fourth-order valence-corrected chi connectivity index (χ4v) is 8.76. The number of carbonyl (C=O) groups excluding carboxylic acids is 1. The van der Waals surface area contributed by atoms with Gasteiger partial charge in [0.15, 0.2) is 6.29 Å². The number of hydrogen-bond donors (Lipinski definition) is 6. The van der Waals surface area contributed by atoms with Gasteiger partial charge >= 0.3 is 0 Å². The van der Waals surface area contributed by atoms with E-state index in [1.807, 2.05) is 6.08 Å². The molecule has 0 aromatic heterocycles. The van der Waals surface area contributed by atoms with Gasteiger partial charge in [0.2, 0.25) is 5.91 Å². The Morgan fingerprint density at radius 2 is 0.877 bits per heavy atom. The van der Waals surface area contributed by atoms with E-state index in [1.165, 1.54) is 199 Å². The van der Waals surface area contributed by atoms with Crippen LogP contribution in [0.3, 0.4) is 0 Å². The third-order valence-corrected chi connectivity index (χ3v) is 13.2. The molecule has 0 aromatic rings. The maximum Gasteiger partial charge on any atom is 0.220 e. The molecule has 7 unspecified atom stereocenters. The Hall–Kier alpha value is -1.59. The Bertz CT molecular complexity index is 1110. The summed E-state index contributed by atoms with van der Waals surface area (Å²) in [6, 6.07) is -0.821. The summed E-state index contributed by atoms with van der Waals surface area (Å²) in [4.78, 5) is 13.0. The first-order chi connectivity index (χ1) is 31.8. The molecular weight excluding hydrogens is 815 g/mol. The van der Waals surface area contributed by atoms with Crippen molar-refractivity contribution in [1.82, 2.24) is 5.32 Å². The third kappa shape index (κ3) is 36.1.